The number of benzene rings is 1. The third kappa shape index (κ3) is 3.01. The molecule has 0 fully saturated rings. The first-order valence-electron chi connectivity index (χ1n) is 6.03. The average molecular weight is 281 g/mol. The molecule has 0 bridgehead atoms. The van der Waals surface area contributed by atoms with Gasteiger partial charge in [-0.15, -0.1) is 0 Å². The first-order valence-corrected chi connectivity index (χ1v) is 6.40. The Bertz CT molecular complexity index is 622. The van der Waals surface area contributed by atoms with Gasteiger partial charge in [0, 0.05) is 17.8 Å². The fraction of sp³-hybridized carbons (Fsp3) is 0.286. The molecule has 0 aliphatic carbocycles. The van der Waals surface area contributed by atoms with Gasteiger partial charge in [0.05, 0.1) is 17.1 Å². The highest BCUT2D eigenvalue weighted by atomic mass is 35.5. The second-order valence-corrected chi connectivity index (χ2v) is 4.72. The zero-order valence-corrected chi connectivity index (χ0v) is 11.5. The number of aromatic nitrogens is 2. The minimum Gasteiger partial charge on any atom is -0.294 e. The molecule has 1 aromatic carbocycles. The molecule has 0 radical (unpaired) electrons. The summed E-state index contributed by atoms with van der Waals surface area (Å²) in [6.45, 7) is 4.55. The van der Waals surface area contributed by atoms with Gasteiger partial charge in [0.25, 0.3) is 0 Å². The number of carbonyl (C=O) groups is 1. The largest absolute Gasteiger partial charge is 0.294 e. The van der Waals surface area contributed by atoms with Crippen molar-refractivity contribution in [2.45, 2.75) is 26.8 Å². The van der Waals surface area contributed by atoms with Gasteiger partial charge in [-0.3, -0.25) is 9.48 Å². The maximum absolute atomic E-state index is 12.9. The Hall–Kier alpha value is -1.68. The summed E-state index contributed by atoms with van der Waals surface area (Å²) in [5.74, 6) is -0.587. The molecule has 0 amide bonds. The summed E-state index contributed by atoms with van der Waals surface area (Å²) in [7, 11) is 0. The van der Waals surface area contributed by atoms with E-state index in [4.69, 9.17) is 11.6 Å². The van der Waals surface area contributed by atoms with Crippen molar-refractivity contribution in [3.63, 3.8) is 0 Å². The second-order valence-electron chi connectivity index (χ2n) is 4.32. The van der Waals surface area contributed by atoms with Crippen molar-refractivity contribution in [3.8, 4) is 0 Å². The zero-order chi connectivity index (χ0) is 14.0. The summed E-state index contributed by atoms with van der Waals surface area (Å²) in [5, 5.41) is 4.43. The first kappa shape index (κ1) is 13.7. The minimum absolute atomic E-state index is 0.139. The van der Waals surface area contributed by atoms with Crippen molar-refractivity contribution >= 4 is 17.4 Å². The molecule has 100 valence electrons. The fourth-order valence-electron chi connectivity index (χ4n) is 1.99. The van der Waals surface area contributed by atoms with E-state index in [9.17, 15) is 9.18 Å². The fourth-order valence-corrected chi connectivity index (χ4v) is 2.26. The predicted octanol–water partition coefficient (Wildman–Crippen LogP) is 3.43. The molecule has 0 aliphatic rings. The number of Topliss-reactive ketones (excluding diaryl/α,β-unsaturated/α-hetero) is 1. The summed E-state index contributed by atoms with van der Waals surface area (Å²) < 4.78 is 14.7. The third-order valence-corrected chi connectivity index (χ3v) is 3.17. The molecule has 0 spiro atoms. The molecule has 0 saturated heterocycles. The molecular weight excluding hydrogens is 267 g/mol. The van der Waals surface area contributed by atoms with Gasteiger partial charge in [0.2, 0.25) is 0 Å². The maximum atomic E-state index is 12.9. The van der Waals surface area contributed by atoms with Crippen LogP contribution in [-0.4, -0.2) is 15.6 Å². The van der Waals surface area contributed by atoms with E-state index in [2.05, 4.69) is 5.10 Å². The van der Waals surface area contributed by atoms with Crippen LogP contribution in [0, 0.1) is 12.7 Å². The van der Waals surface area contributed by atoms with Crippen LogP contribution in [0.2, 0.25) is 5.02 Å². The summed E-state index contributed by atoms with van der Waals surface area (Å²) in [6, 6.07) is 5.68. The summed E-state index contributed by atoms with van der Waals surface area (Å²) >= 11 is 5.89. The Kier molecular flexibility index (Phi) is 4.00. The van der Waals surface area contributed by atoms with Gasteiger partial charge >= 0.3 is 0 Å². The standard InChI is InChI=1S/C14H14ClFN2O/c1-3-18-11(6-9(2)17-18)8-14(19)12-5-4-10(16)7-13(12)15/h4-7H,3,8H2,1-2H3. The second kappa shape index (κ2) is 5.53. The van der Waals surface area contributed by atoms with Crippen LogP contribution in [0.5, 0.6) is 0 Å². The number of hydrogen-bond donors (Lipinski definition) is 0. The van der Waals surface area contributed by atoms with E-state index in [1.165, 1.54) is 12.1 Å². The topological polar surface area (TPSA) is 34.9 Å². The van der Waals surface area contributed by atoms with Gasteiger partial charge in [-0.05, 0) is 38.1 Å². The van der Waals surface area contributed by atoms with Crippen LogP contribution in [0.15, 0.2) is 24.3 Å². The highest BCUT2D eigenvalue weighted by molar-refractivity contribution is 6.34. The number of halogens is 2. The van der Waals surface area contributed by atoms with Gasteiger partial charge in [-0.2, -0.15) is 5.10 Å². The van der Waals surface area contributed by atoms with E-state index >= 15 is 0 Å². The molecule has 0 N–H and O–H groups in total. The van der Waals surface area contributed by atoms with Crippen molar-refractivity contribution < 1.29 is 9.18 Å². The molecule has 2 rings (SSSR count). The molecule has 3 nitrogen and oxygen atoms in total. The molecular formula is C14H14ClFN2O. The Morgan fingerprint density at radius 1 is 1.42 bits per heavy atom. The van der Waals surface area contributed by atoms with Crippen LogP contribution in [-0.2, 0) is 13.0 Å². The van der Waals surface area contributed by atoms with Crippen LogP contribution >= 0.6 is 11.6 Å². The van der Waals surface area contributed by atoms with Crippen molar-refractivity contribution in [3.05, 3.63) is 52.1 Å². The lowest BCUT2D eigenvalue weighted by Crippen LogP contribution is -2.10. The Morgan fingerprint density at radius 2 is 2.16 bits per heavy atom. The first-order chi connectivity index (χ1) is 9.01. The molecule has 1 aromatic heterocycles. The third-order valence-electron chi connectivity index (χ3n) is 2.86. The van der Waals surface area contributed by atoms with Crippen LogP contribution in [0.4, 0.5) is 4.39 Å². The smallest absolute Gasteiger partial charge is 0.170 e. The van der Waals surface area contributed by atoms with E-state index in [1.54, 1.807) is 4.68 Å². The van der Waals surface area contributed by atoms with Gasteiger partial charge < -0.3 is 0 Å². The highest BCUT2D eigenvalue weighted by Crippen LogP contribution is 2.19. The number of nitrogens with zero attached hydrogens (tertiary/aromatic N) is 2. The number of ketones is 1. The van der Waals surface area contributed by atoms with Crippen LogP contribution in [0.25, 0.3) is 0 Å². The average Bonchev–Trinajstić information content (AvgIpc) is 2.69. The number of carbonyl (C=O) groups excluding carboxylic acids is 1. The molecule has 5 heteroatoms. The zero-order valence-electron chi connectivity index (χ0n) is 10.8. The van der Waals surface area contributed by atoms with Crippen molar-refractivity contribution in [1.82, 2.24) is 9.78 Å². The normalized spacial score (nSPS) is 10.7. The van der Waals surface area contributed by atoms with Crippen LogP contribution < -0.4 is 0 Å². The molecule has 0 saturated carbocycles. The van der Waals surface area contributed by atoms with E-state index < -0.39 is 5.82 Å². The molecule has 0 aliphatic heterocycles. The van der Waals surface area contributed by atoms with Gasteiger partial charge in [-0.25, -0.2) is 4.39 Å². The van der Waals surface area contributed by atoms with E-state index in [0.29, 0.717) is 12.1 Å². The molecule has 0 atom stereocenters. The molecule has 2 aromatic rings. The lowest BCUT2D eigenvalue weighted by molar-refractivity contribution is 0.0990. The quantitative estimate of drug-likeness (QED) is 0.804. The maximum Gasteiger partial charge on any atom is 0.170 e. The Labute approximate surface area is 116 Å². The van der Waals surface area contributed by atoms with E-state index in [1.807, 2.05) is 19.9 Å². The predicted molar refractivity (Wildman–Crippen MR) is 72.1 cm³/mol. The Morgan fingerprint density at radius 3 is 2.79 bits per heavy atom. The summed E-state index contributed by atoms with van der Waals surface area (Å²) in [4.78, 5) is 12.2. The number of hydrogen-bond acceptors (Lipinski definition) is 2. The SMILES string of the molecule is CCn1nc(C)cc1CC(=O)c1ccc(F)cc1Cl. The summed E-state index contributed by atoms with van der Waals surface area (Å²) in [6.07, 6.45) is 0.208. The number of aryl methyl sites for hydroxylation is 2. The van der Waals surface area contributed by atoms with Gasteiger partial charge in [0.15, 0.2) is 5.78 Å². The monoisotopic (exact) mass is 280 g/mol. The highest BCUT2D eigenvalue weighted by Gasteiger charge is 2.14. The summed E-state index contributed by atoms with van der Waals surface area (Å²) in [5.41, 5.74) is 2.05. The lowest BCUT2D eigenvalue weighted by Gasteiger charge is -2.05. The Balaban J connectivity index is 2.25. The van der Waals surface area contributed by atoms with E-state index in [0.717, 1.165) is 17.5 Å². The van der Waals surface area contributed by atoms with Crippen molar-refractivity contribution in [2.75, 3.05) is 0 Å². The molecule has 19 heavy (non-hydrogen) atoms. The minimum atomic E-state index is -0.448. The van der Waals surface area contributed by atoms with E-state index in [-0.39, 0.29) is 17.2 Å². The van der Waals surface area contributed by atoms with Crippen molar-refractivity contribution in [1.29, 1.82) is 0 Å². The van der Waals surface area contributed by atoms with Crippen LogP contribution in [0.3, 0.4) is 0 Å². The van der Waals surface area contributed by atoms with Gasteiger partial charge in [0.1, 0.15) is 5.82 Å². The lowest BCUT2D eigenvalue weighted by atomic mass is 10.1. The van der Waals surface area contributed by atoms with Crippen molar-refractivity contribution in [2.24, 2.45) is 0 Å². The van der Waals surface area contributed by atoms with Crippen LogP contribution in [0.1, 0.15) is 28.7 Å². The molecule has 1 heterocycles. The molecule has 0 unspecified atom stereocenters. The van der Waals surface area contributed by atoms with Gasteiger partial charge in [-0.1, -0.05) is 11.6 Å². The number of rotatable bonds is 4.